The molecule has 5 nitrogen and oxygen atoms in total. The molecule has 0 bridgehead atoms. The first-order valence-corrected chi connectivity index (χ1v) is 7.30. The zero-order chi connectivity index (χ0) is 16.2. The molecule has 0 aliphatic rings. The second-order valence-corrected chi connectivity index (χ2v) is 6.10. The van der Waals surface area contributed by atoms with Crippen LogP contribution in [-0.4, -0.2) is 23.7 Å². The minimum Gasteiger partial charge on any atom is -0.444 e. The van der Waals surface area contributed by atoms with Crippen molar-refractivity contribution < 1.29 is 9.53 Å². The summed E-state index contributed by atoms with van der Waals surface area (Å²) >= 11 is 0. The second kappa shape index (κ2) is 6.56. The highest BCUT2D eigenvalue weighted by atomic mass is 16.6. The van der Waals surface area contributed by atoms with Crippen molar-refractivity contribution in [3.63, 3.8) is 0 Å². The summed E-state index contributed by atoms with van der Waals surface area (Å²) in [6.07, 6.45) is 1.56. The van der Waals surface area contributed by atoms with Crippen molar-refractivity contribution in [1.82, 2.24) is 10.3 Å². The Labute approximate surface area is 131 Å². The Kier molecular flexibility index (Phi) is 4.75. The number of anilines is 1. The van der Waals surface area contributed by atoms with Gasteiger partial charge in [0.05, 0.1) is 0 Å². The Hall–Kier alpha value is -2.43. The molecule has 1 aromatic carbocycles. The molecule has 1 aromatic heterocycles. The number of carbonyl (C=O) groups excluding carboxylic acids is 1. The lowest BCUT2D eigenvalue weighted by molar-refractivity contribution is 0.0523. The summed E-state index contributed by atoms with van der Waals surface area (Å²) in [6, 6.07) is 10.1. The number of carbonyl (C=O) groups is 1. The highest BCUT2D eigenvalue weighted by Crippen LogP contribution is 2.22. The first-order chi connectivity index (χ1) is 10.4. The van der Waals surface area contributed by atoms with E-state index in [0.29, 0.717) is 6.54 Å². The van der Waals surface area contributed by atoms with Crippen LogP contribution < -0.4 is 10.6 Å². The third-order valence-corrected chi connectivity index (χ3v) is 3.08. The zero-order valence-electron chi connectivity index (χ0n) is 13.5. The van der Waals surface area contributed by atoms with E-state index in [4.69, 9.17) is 4.74 Å². The van der Waals surface area contributed by atoms with Crippen molar-refractivity contribution in [3.8, 4) is 11.1 Å². The van der Waals surface area contributed by atoms with E-state index >= 15 is 0 Å². The SMILES string of the molecule is CNc1cc(-c2ccc(CNC(=O)OC(C)(C)C)cc2)c[nH]1. The van der Waals surface area contributed by atoms with Gasteiger partial charge in [-0.2, -0.15) is 0 Å². The van der Waals surface area contributed by atoms with Crippen LogP contribution in [0.1, 0.15) is 26.3 Å². The maximum Gasteiger partial charge on any atom is 0.407 e. The first kappa shape index (κ1) is 15.9. The molecule has 118 valence electrons. The molecule has 0 fully saturated rings. The number of benzene rings is 1. The van der Waals surface area contributed by atoms with Crippen LogP contribution in [0.25, 0.3) is 11.1 Å². The molecule has 0 aliphatic carbocycles. The van der Waals surface area contributed by atoms with Gasteiger partial charge < -0.3 is 20.4 Å². The molecule has 0 saturated carbocycles. The molecule has 2 rings (SSSR count). The van der Waals surface area contributed by atoms with Gasteiger partial charge in [-0.15, -0.1) is 0 Å². The Morgan fingerprint density at radius 2 is 1.86 bits per heavy atom. The summed E-state index contributed by atoms with van der Waals surface area (Å²) in [5.41, 5.74) is 2.79. The molecule has 1 amide bonds. The van der Waals surface area contributed by atoms with Crippen molar-refractivity contribution in [2.75, 3.05) is 12.4 Å². The first-order valence-electron chi connectivity index (χ1n) is 7.30. The Bertz CT molecular complexity index is 624. The fourth-order valence-corrected chi connectivity index (χ4v) is 2.01. The van der Waals surface area contributed by atoms with Gasteiger partial charge in [-0.05, 0) is 38.0 Å². The minimum absolute atomic E-state index is 0.402. The molecule has 0 radical (unpaired) electrons. The number of rotatable bonds is 4. The highest BCUT2D eigenvalue weighted by Gasteiger charge is 2.15. The van der Waals surface area contributed by atoms with Gasteiger partial charge in [-0.25, -0.2) is 4.79 Å². The lowest BCUT2D eigenvalue weighted by Gasteiger charge is -2.19. The number of aromatic amines is 1. The highest BCUT2D eigenvalue weighted by molar-refractivity contribution is 5.68. The predicted octanol–water partition coefficient (Wildman–Crippen LogP) is 3.75. The average Bonchev–Trinajstić information content (AvgIpc) is 2.93. The monoisotopic (exact) mass is 301 g/mol. The van der Waals surface area contributed by atoms with Gasteiger partial charge in [0.1, 0.15) is 11.4 Å². The van der Waals surface area contributed by atoms with Crippen molar-refractivity contribution in [2.45, 2.75) is 32.9 Å². The summed E-state index contributed by atoms with van der Waals surface area (Å²) in [7, 11) is 1.88. The van der Waals surface area contributed by atoms with Gasteiger partial charge in [0.15, 0.2) is 0 Å². The maximum atomic E-state index is 11.6. The van der Waals surface area contributed by atoms with Gasteiger partial charge in [0, 0.05) is 25.4 Å². The summed E-state index contributed by atoms with van der Waals surface area (Å²) in [4.78, 5) is 14.8. The summed E-state index contributed by atoms with van der Waals surface area (Å²) in [5, 5.41) is 5.81. The smallest absolute Gasteiger partial charge is 0.407 e. The molecule has 1 heterocycles. The van der Waals surface area contributed by atoms with E-state index in [0.717, 1.165) is 22.5 Å². The maximum absolute atomic E-state index is 11.6. The van der Waals surface area contributed by atoms with Crippen molar-refractivity contribution in [2.24, 2.45) is 0 Å². The molecule has 0 saturated heterocycles. The summed E-state index contributed by atoms with van der Waals surface area (Å²) in [5.74, 6) is 0.977. The number of aromatic nitrogens is 1. The lowest BCUT2D eigenvalue weighted by atomic mass is 10.1. The van der Waals surface area contributed by atoms with Crippen LogP contribution in [0.15, 0.2) is 36.5 Å². The quantitative estimate of drug-likeness (QED) is 0.805. The van der Waals surface area contributed by atoms with Gasteiger partial charge in [-0.3, -0.25) is 0 Å². The third-order valence-electron chi connectivity index (χ3n) is 3.08. The van der Waals surface area contributed by atoms with Gasteiger partial charge in [0.25, 0.3) is 0 Å². The van der Waals surface area contributed by atoms with Gasteiger partial charge in [0.2, 0.25) is 0 Å². The van der Waals surface area contributed by atoms with Crippen molar-refractivity contribution >= 4 is 11.9 Å². The molecule has 3 N–H and O–H groups in total. The number of hydrogen-bond acceptors (Lipinski definition) is 3. The molecule has 0 spiro atoms. The number of nitrogens with one attached hydrogen (secondary N) is 3. The number of amides is 1. The molecule has 0 unspecified atom stereocenters. The molecule has 2 aromatic rings. The zero-order valence-corrected chi connectivity index (χ0v) is 13.5. The van der Waals surface area contributed by atoms with Gasteiger partial charge >= 0.3 is 6.09 Å². The van der Waals surface area contributed by atoms with Crippen LogP contribution in [0.5, 0.6) is 0 Å². The fraction of sp³-hybridized carbons (Fsp3) is 0.353. The van der Waals surface area contributed by atoms with Crippen LogP contribution >= 0.6 is 0 Å². The number of ether oxygens (including phenoxy) is 1. The predicted molar refractivity (Wildman–Crippen MR) is 88.8 cm³/mol. The minimum atomic E-state index is -0.479. The van der Waals surface area contributed by atoms with Crippen LogP contribution in [-0.2, 0) is 11.3 Å². The average molecular weight is 301 g/mol. The van der Waals surface area contributed by atoms with Crippen LogP contribution in [0, 0.1) is 0 Å². The van der Waals surface area contributed by atoms with Crippen LogP contribution in [0.4, 0.5) is 10.6 Å². The van der Waals surface area contributed by atoms with E-state index in [2.05, 4.69) is 15.6 Å². The number of hydrogen-bond donors (Lipinski definition) is 3. The summed E-state index contributed by atoms with van der Waals surface area (Å²) < 4.78 is 5.21. The second-order valence-electron chi connectivity index (χ2n) is 6.10. The molecule has 0 atom stereocenters. The largest absolute Gasteiger partial charge is 0.444 e. The van der Waals surface area contributed by atoms with Gasteiger partial charge in [-0.1, -0.05) is 24.3 Å². The van der Waals surface area contributed by atoms with Crippen molar-refractivity contribution in [3.05, 3.63) is 42.1 Å². The van der Waals surface area contributed by atoms with E-state index in [9.17, 15) is 4.79 Å². The molecule has 0 aliphatic heterocycles. The summed E-state index contributed by atoms with van der Waals surface area (Å²) in [6.45, 7) is 5.98. The van der Waals surface area contributed by atoms with E-state index in [1.807, 2.05) is 64.3 Å². The third kappa shape index (κ3) is 4.55. The molecule has 22 heavy (non-hydrogen) atoms. The van der Waals surface area contributed by atoms with Crippen LogP contribution in [0.2, 0.25) is 0 Å². The van der Waals surface area contributed by atoms with Crippen LogP contribution in [0.3, 0.4) is 0 Å². The lowest BCUT2D eigenvalue weighted by Crippen LogP contribution is -2.32. The normalized spacial score (nSPS) is 11.1. The standard InChI is InChI=1S/C17H23N3O2/c1-17(2,3)22-16(21)20-10-12-5-7-13(8-6-12)14-9-15(18-4)19-11-14/h5-9,11,18-19H,10H2,1-4H3,(H,20,21). The molecular formula is C17H23N3O2. The molecular weight excluding hydrogens is 278 g/mol. The van der Waals surface area contributed by atoms with E-state index < -0.39 is 11.7 Å². The topological polar surface area (TPSA) is 66.2 Å². The Morgan fingerprint density at radius 1 is 1.18 bits per heavy atom. The number of alkyl carbamates (subject to hydrolysis) is 1. The van der Waals surface area contributed by atoms with Crippen molar-refractivity contribution in [1.29, 1.82) is 0 Å². The Balaban J connectivity index is 1.93. The fourth-order valence-electron chi connectivity index (χ4n) is 2.01. The Morgan fingerprint density at radius 3 is 2.41 bits per heavy atom. The van der Waals surface area contributed by atoms with E-state index in [1.165, 1.54) is 0 Å². The van der Waals surface area contributed by atoms with E-state index in [-0.39, 0.29) is 0 Å². The number of H-pyrrole nitrogens is 1. The van der Waals surface area contributed by atoms with E-state index in [1.54, 1.807) is 0 Å². The molecule has 5 heteroatoms.